The molecule has 0 aliphatic rings. The molecule has 1 rings (SSSR count). The van der Waals surface area contributed by atoms with E-state index < -0.39 is 15.3 Å². The second-order valence-corrected chi connectivity index (χ2v) is 7.40. The molecule has 6 heteroatoms. The summed E-state index contributed by atoms with van der Waals surface area (Å²) in [5.74, 6) is 0.112. The van der Waals surface area contributed by atoms with Gasteiger partial charge in [0.05, 0.1) is 10.3 Å². The summed E-state index contributed by atoms with van der Waals surface area (Å²) in [6.45, 7) is 3.88. The molecule has 0 aliphatic heterocycles. The van der Waals surface area contributed by atoms with Crippen molar-refractivity contribution in [1.29, 1.82) is 0 Å². The first-order valence-electron chi connectivity index (χ1n) is 5.80. The maximum Gasteiger partial charge on any atom is 0.227 e. The lowest BCUT2D eigenvalue weighted by atomic mass is 9.95. The standard InChI is InChI=1S/C13H18ClNO3S/c1-13(2,9-14)12(16)15-8-10-4-6-11(7-5-10)19(3,17)18/h4-7H,8-9H2,1-3H3,(H,15,16). The van der Waals surface area contributed by atoms with Gasteiger partial charge < -0.3 is 5.32 Å². The number of rotatable bonds is 5. The third-order valence-electron chi connectivity index (χ3n) is 2.75. The van der Waals surface area contributed by atoms with E-state index in [0.29, 0.717) is 6.54 Å². The van der Waals surface area contributed by atoms with Crippen molar-refractivity contribution >= 4 is 27.3 Å². The van der Waals surface area contributed by atoms with Crippen molar-refractivity contribution in [2.24, 2.45) is 5.41 Å². The van der Waals surface area contributed by atoms with E-state index in [4.69, 9.17) is 11.6 Å². The lowest BCUT2D eigenvalue weighted by Crippen LogP contribution is -2.37. The highest BCUT2D eigenvalue weighted by Gasteiger charge is 2.25. The van der Waals surface area contributed by atoms with Crippen LogP contribution in [0.5, 0.6) is 0 Å². The van der Waals surface area contributed by atoms with Gasteiger partial charge in [0.15, 0.2) is 9.84 Å². The van der Waals surface area contributed by atoms with E-state index in [0.717, 1.165) is 11.8 Å². The summed E-state index contributed by atoms with van der Waals surface area (Å²) in [5.41, 5.74) is 0.222. The molecule has 0 saturated carbocycles. The van der Waals surface area contributed by atoms with Crippen LogP contribution in [0.3, 0.4) is 0 Å². The maximum absolute atomic E-state index is 11.8. The maximum atomic E-state index is 11.8. The number of benzene rings is 1. The second kappa shape index (κ2) is 5.92. The third-order valence-corrected chi connectivity index (χ3v) is 4.55. The van der Waals surface area contributed by atoms with Crippen LogP contribution in [0.15, 0.2) is 29.2 Å². The highest BCUT2D eigenvalue weighted by Crippen LogP contribution is 2.17. The van der Waals surface area contributed by atoms with E-state index in [9.17, 15) is 13.2 Å². The Hall–Kier alpha value is -1.07. The molecule has 0 radical (unpaired) electrons. The minimum atomic E-state index is -3.18. The molecular formula is C13H18ClNO3S. The highest BCUT2D eigenvalue weighted by atomic mass is 35.5. The van der Waals surface area contributed by atoms with Crippen LogP contribution < -0.4 is 5.32 Å². The van der Waals surface area contributed by atoms with Gasteiger partial charge in [-0.3, -0.25) is 4.79 Å². The van der Waals surface area contributed by atoms with Crippen LogP contribution in [0.25, 0.3) is 0 Å². The molecule has 0 aliphatic carbocycles. The lowest BCUT2D eigenvalue weighted by Gasteiger charge is -2.20. The van der Waals surface area contributed by atoms with Gasteiger partial charge in [0, 0.05) is 18.7 Å². The van der Waals surface area contributed by atoms with E-state index in [-0.39, 0.29) is 16.7 Å². The van der Waals surface area contributed by atoms with Crippen LogP contribution in [0.4, 0.5) is 0 Å². The van der Waals surface area contributed by atoms with Crippen LogP contribution >= 0.6 is 11.6 Å². The van der Waals surface area contributed by atoms with Crippen molar-refractivity contribution in [3.05, 3.63) is 29.8 Å². The zero-order chi connectivity index (χ0) is 14.7. The quantitative estimate of drug-likeness (QED) is 0.846. The monoisotopic (exact) mass is 303 g/mol. The van der Waals surface area contributed by atoms with Gasteiger partial charge in [-0.1, -0.05) is 12.1 Å². The van der Waals surface area contributed by atoms with Crippen LogP contribution in [-0.2, 0) is 21.2 Å². The first-order valence-corrected chi connectivity index (χ1v) is 8.23. The molecular weight excluding hydrogens is 286 g/mol. The fourth-order valence-corrected chi connectivity index (χ4v) is 2.09. The van der Waals surface area contributed by atoms with Gasteiger partial charge in [0.1, 0.15) is 0 Å². The zero-order valence-corrected chi connectivity index (χ0v) is 12.8. The Kier molecular flexibility index (Phi) is 4.98. The highest BCUT2D eigenvalue weighted by molar-refractivity contribution is 7.90. The van der Waals surface area contributed by atoms with E-state index in [1.54, 1.807) is 26.0 Å². The summed E-state index contributed by atoms with van der Waals surface area (Å²) in [5, 5.41) is 2.78. The van der Waals surface area contributed by atoms with Crippen LogP contribution in [0, 0.1) is 5.41 Å². The number of halogens is 1. The van der Waals surface area contributed by atoms with Crippen molar-refractivity contribution in [3.63, 3.8) is 0 Å². The normalized spacial score (nSPS) is 12.2. The van der Waals surface area contributed by atoms with Gasteiger partial charge >= 0.3 is 0 Å². The van der Waals surface area contributed by atoms with Crippen LogP contribution in [-0.4, -0.2) is 26.5 Å². The van der Waals surface area contributed by atoms with E-state index >= 15 is 0 Å². The molecule has 106 valence electrons. The van der Waals surface area contributed by atoms with Gasteiger partial charge in [-0.05, 0) is 31.5 Å². The molecule has 4 nitrogen and oxygen atoms in total. The molecule has 0 atom stereocenters. The first kappa shape index (κ1) is 16.0. The molecule has 19 heavy (non-hydrogen) atoms. The molecule has 0 saturated heterocycles. The van der Waals surface area contributed by atoms with Gasteiger partial charge in [-0.2, -0.15) is 0 Å². The number of sulfone groups is 1. The topological polar surface area (TPSA) is 63.2 Å². The van der Waals surface area contributed by atoms with Crippen LogP contribution in [0.2, 0.25) is 0 Å². The van der Waals surface area contributed by atoms with Crippen molar-refractivity contribution < 1.29 is 13.2 Å². The third kappa shape index (κ3) is 4.51. The predicted molar refractivity (Wildman–Crippen MR) is 75.9 cm³/mol. The fourth-order valence-electron chi connectivity index (χ4n) is 1.34. The Labute approximate surface area is 119 Å². The number of alkyl halides is 1. The van der Waals surface area contributed by atoms with E-state index in [2.05, 4.69) is 5.32 Å². The Morgan fingerprint density at radius 1 is 1.26 bits per heavy atom. The van der Waals surface area contributed by atoms with Crippen molar-refractivity contribution in [2.75, 3.05) is 12.1 Å². The Morgan fingerprint density at radius 3 is 2.21 bits per heavy atom. The minimum absolute atomic E-state index is 0.130. The number of hydrogen-bond acceptors (Lipinski definition) is 3. The number of hydrogen-bond donors (Lipinski definition) is 1. The number of nitrogens with one attached hydrogen (secondary N) is 1. The van der Waals surface area contributed by atoms with Crippen LogP contribution in [0.1, 0.15) is 19.4 Å². The summed E-state index contributed by atoms with van der Waals surface area (Å²) in [7, 11) is -3.18. The molecule has 1 N–H and O–H groups in total. The summed E-state index contributed by atoms with van der Waals surface area (Å²) < 4.78 is 22.6. The number of carbonyl (C=O) groups excluding carboxylic acids is 1. The molecule has 1 amide bonds. The van der Waals surface area contributed by atoms with E-state index in [1.165, 1.54) is 12.1 Å². The van der Waals surface area contributed by atoms with Gasteiger partial charge in [0.25, 0.3) is 0 Å². The summed E-state index contributed by atoms with van der Waals surface area (Å²) in [6.07, 6.45) is 1.16. The lowest BCUT2D eigenvalue weighted by molar-refractivity contribution is -0.128. The molecule has 1 aromatic carbocycles. The van der Waals surface area contributed by atoms with Crippen molar-refractivity contribution in [1.82, 2.24) is 5.32 Å². The SMILES string of the molecule is CC(C)(CCl)C(=O)NCc1ccc(S(C)(=O)=O)cc1. The summed E-state index contributed by atoms with van der Waals surface area (Å²) in [4.78, 5) is 12.1. The largest absolute Gasteiger partial charge is 0.352 e. The molecule has 0 bridgehead atoms. The van der Waals surface area contributed by atoms with Gasteiger partial charge in [-0.15, -0.1) is 11.6 Å². The molecule has 0 spiro atoms. The molecule has 0 fully saturated rings. The second-order valence-electron chi connectivity index (χ2n) is 5.12. The Bertz CT molecular complexity index is 550. The number of carbonyl (C=O) groups is 1. The van der Waals surface area contributed by atoms with Gasteiger partial charge in [0.2, 0.25) is 5.91 Å². The predicted octanol–water partition coefficient (Wildman–Crippen LogP) is 1.97. The molecule has 0 heterocycles. The average Bonchev–Trinajstić information content (AvgIpc) is 2.35. The molecule has 0 unspecified atom stereocenters. The summed E-state index contributed by atoms with van der Waals surface area (Å²) in [6, 6.07) is 6.43. The smallest absolute Gasteiger partial charge is 0.227 e. The number of amides is 1. The zero-order valence-electron chi connectivity index (χ0n) is 11.2. The van der Waals surface area contributed by atoms with Gasteiger partial charge in [-0.25, -0.2) is 8.42 Å². The Balaban J connectivity index is 2.68. The first-order chi connectivity index (χ1) is 8.66. The molecule has 0 aromatic heterocycles. The minimum Gasteiger partial charge on any atom is -0.352 e. The van der Waals surface area contributed by atoms with Crippen molar-refractivity contribution in [3.8, 4) is 0 Å². The summed E-state index contributed by atoms with van der Waals surface area (Å²) >= 11 is 5.71. The Morgan fingerprint density at radius 2 is 1.79 bits per heavy atom. The molecule has 1 aromatic rings. The van der Waals surface area contributed by atoms with E-state index in [1.807, 2.05) is 0 Å². The average molecular weight is 304 g/mol. The van der Waals surface area contributed by atoms with Crippen molar-refractivity contribution in [2.45, 2.75) is 25.3 Å². The fraction of sp³-hybridized carbons (Fsp3) is 0.462.